The Kier molecular flexibility index (Phi) is 3.91. The Hall–Kier alpha value is -0.0800. The SMILES string of the molecule is CCCN([O-])C(C)(C)CC. The first-order chi connectivity index (χ1) is 4.54. The van der Waals surface area contributed by atoms with E-state index in [4.69, 9.17) is 0 Å². The molecule has 0 aliphatic rings. The molecule has 0 fully saturated rings. The molecule has 0 spiro atoms. The molecule has 0 rings (SSSR count). The van der Waals surface area contributed by atoms with Crippen LogP contribution in [-0.4, -0.2) is 17.1 Å². The van der Waals surface area contributed by atoms with Gasteiger partial charge in [0, 0.05) is 5.54 Å². The maximum atomic E-state index is 11.2. The van der Waals surface area contributed by atoms with Crippen molar-refractivity contribution in [3.8, 4) is 0 Å². The molecule has 0 unspecified atom stereocenters. The predicted molar refractivity (Wildman–Crippen MR) is 44.7 cm³/mol. The summed E-state index contributed by atoms with van der Waals surface area (Å²) in [6.07, 6.45) is 1.85. The standard InChI is InChI=1S/C8H18NO/c1-5-7-9(10)8(3,4)6-2/h5-7H2,1-4H3/q-1. The molecule has 10 heavy (non-hydrogen) atoms. The van der Waals surface area contributed by atoms with Crippen LogP contribution in [0, 0.1) is 5.21 Å². The zero-order valence-electron chi connectivity index (χ0n) is 7.48. The normalized spacial score (nSPS) is 12.6. The van der Waals surface area contributed by atoms with Crippen molar-refractivity contribution >= 4 is 0 Å². The van der Waals surface area contributed by atoms with Crippen LogP contribution in [0.4, 0.5) is 0 Å². The van der Waals surface area contributed by atoms with Crippen LogP contribution in [0.2, 0.25) is 0 Å². The summed E-state index contributed by atoms with van der Waals surface area (Å²) in [5, 5.41) is 12.4. The molecule has 2 heteroatoms. The maximum absolute atomic E-state index is 11.2. The molecule has 62 valence electrons. The fourth-order valence-electron chi connectivity index (χ4n) is 0.682. The van der Waals surface area contributed by atoms with Gasteiger partial charge in [-0.1, -0.05) is 13.8 Å². The number of hydrogen-bond donors (Lipinski definition) is 0. The smallest absolute Gasteiger partial charge is 0.00303 e. The van der Waals surface area contributed by atoms with Gasteiger partial charge in [-0.2, -0.15) is 0 Å². The van der Waals surface area contributed by atoms with E-state index >= 15 is 0 Å². The first-order valence-corrected chi connectivity index (χ1v) is 3.99. The molecule has 2 nitrogen and oxygen atoms in total. The monoisotopic (exact) mass is 144 g/mol. The van der Waals surface area contributed by atoms with Gasteiger partial charge in [0.15, 0.2) is 0 Å². The number of rotatable bonds is 4. The molecule has 0 saturated carbocycles. The second-order valence-electron chi connectivity index (χ2n) is 3.27. The van der Waals surface area contributed by atoms with Crippen molar-refractivity contribution in [1.29, 1.82) is 0 Å². The van der Waals surface area contributed by atoms with Gasteiger partial charge in [0.25, 0.3) is 0 Å². The number of hydrogen-bond acceptors (Lipinski definition) is 2. The third-order valence-corrected chi connectivity index (χ3v) is 1.97. The third kappa shape index (κ3) is 2.67. The first-order valence-electron chi connectivity index (χ1n) is 3.99. The lowest BCUT2D eigenvalue weighted by Crippen LogP contribution is -2.39. The van der Waals surface area contributed by atoms with Gasteiger partial charge in [-0.25, -0.2) is 0 Å². The van der Waals surface area contributed by atoms with Crippen molar-refractivity contribution < 1.29 is 0 Å². The maximum Gasteiger partial charge on any atom is 0.00303 e. The van der Waals surface area contributed by atoms with Crippen LogP contribution in [0.1, 0.15) is 40.5 Å². The van der Waals surface area contributed by atoms with Gasteiger partial charge in [0.2, 0.25) is 0 Å². The van der Waals surface area contributed by atoms with Crippen molar-refractivity contribution in [2.24, 2.45) is 0 Å². The van der Waals surface area contributed by atoms with Crippen LogP contribution < -0.4 is 0 Å². The average Bonchev–Trinajstić information content (AvgIpc) is 1.89. The fraction of sp³-hybridized carbons (Fsp3) is 1.00. The molecule has 0 aromatic carbocycles. The van der Waals surface area contributed by atoms with E-state index < -0.39 is 0 Å². The van der Waals surface area contributed by atoms with Gasteiger partial charge >= 0.3 is 0 Å². The van der Waals surface area contributed by atoms with Crippen molar-refractivity contribution in [2.75, 3.05) is 6.54 Å². The topological polar surface area (TPSA) is 26.3 Å². The van der Waals surface area contributed by atoms with Crippen molar-refractivity contribution in [2.45, 2.75) is 46.1 Å². The lowest BCUT2D eigenvalue weighted by molar-refractivity contribution is 0.180. The molecule has 0 saturated heterocycles. The van der Waals surface area contributed by atoms with E-state index in [9.17, 15) is 5.21 Å². The van der Waals surface area contributed by atoms with Crippen LogP contribution in [0.15, 0.2) is 0 Å². The minimum Gasteiger partial charge on any atom is -0.785 e. The van der Waals surface area contributed by atoms with E-state index in [1.165, 1.54) is 5.06 Å². The Bertz CT molecular complexity index is 91.3. The molecule has 0 aromatic rings. The van der Waals surface area contributed by atoms with E-state index in [2.05, 4.69) is 0 Å². The fourth-order valence-corrected chi connectivity index (χ4v) is 0.682. The largest absolute Gasteiger partial charge is 0.785 e. The Labute approximate surface area is 63.8 Å². The number of hydroxylamine groups is 2. The van der Waals surface area contributed by atoms with E-state index in [1.54, 1.807) is 0 Å². The quantitative estimate of drug-likeness (QED) is 0.566. The molecular weight excluding hydrogens is 126 g/mol. The highest BCUT2D eigenvalue weighted by Gasteiger charge is 2.15. The lowest BCUT2D eigenvalue weighted by atomic mass is 10.0. The zero-order valence-corrected chi connectivity index (χ0v) is 7.48. The summed E-state index contributed by atoms with van der Waals surface area (Å²) in [4.78, 5) is 0. The molecule has 0 aromatic heterocycles. The molecule has 0 aliphatic heterocycles. The van der Waals surface area contributed by atoms with Crippen LogP contribution in [0.3, 0.4) is 0 Å². The average molecular weight is 144 g/mol. The van der Waals surface area contributed by atoms with Crippen LogP contribution in [0.5, 0.6) is 0 Å². The molecule has 0 aliphatic carbocycles. The highest BCUT2D eigenvalue weighted by atomic mass is 16.5. The lowest BCUT2D eigenvalue weighted by Gasteiger charge is -2.43. The minimum absolute atomic E-state index is 0.171. The highest BCUT2D eigenvalue weighted by molar-refractivity contribution is 4.79. The van der Waals surface area contributed by atoms with E-state index in [0.29, 0.717) is 6.54 Å². The highest BCUT2D eigenvalue weighted by Crippen LogP contribution is 2.16. The van der Waals surface area contributed by atoms with Crippen LogP contribution in [0.25, 0.3) is 0 Å². The molecular formula is C8H18NO-. The molecule has 0 radical (unpaired) electrons. The summed E-state index contributed by atoms with van der Waals surface area (Å²) in [6, 6.07) is 0. The summed E-state index contributed by atoms with van der Waals surface area (Å²) in [7, 11) is 0. The zero-order chi connectivity index (χ0) is 8.20. The van der Waals surface area contributed by atoms with Crippen molar-refractivity contribution in [3.05, 3.63) is 5.21 Å². The van der Waals surface area contributed by atoms with Gasteiger partial charge in [-0.3, -0.25) is 0 Å². The summed E-state index contributed by atoms with van der Waals surface area (Å²) >= 11 is 0. The summed E-state index contributed by atoms with van der Waals surface area (Å²) in [5.41, 5.74) is -0.171. The number of nitrogens with zero attached hydrogens (tertiary/aromatic N) is 1. The predicted octanol–water partition coefficient (Wildman–Crippen LogP) is 2.38. The molecule has 0 atom stereocenters. The Morgan fingerprint density at radius 2 is 1.80 bits per heavy atom. The van der Waals surface area contributed by atoms with Crippen molar-refractivity contribution in [3.63, 3.8) is 0 Å². The van der Waals surface area contributed by atoms with E-state index in [0.717, 1.165) is 12.8 Å². The third-order valence-electron chi connectivity index (χ3n) is 1.97. The second kappa shape index (κ2) is 3.94. The van der Waals surface area contributed by atoms with Crippen molar-refractivity contribution in [1.82, 2.24) is 5.06 Å². The van der Waals surface area contributed by atoms with Gasteiger partial charge in [-0.15, -0.1) is 0 Å². The Balaban J connectivity index is 3.78. The van der Waals surface area contributed by atoms with Gasteiger partial charge in [0.05, 0.1) is 0 Å². The second-order valence-corrected chi connectivity index (χ2v) is 3.27. The minimum atomic E-state index is -0.171. The summed E-state index contributed by atoms with van der Waals surface area (Å²) in [6.45, 7) is 8.68. The van der Waals surface area contributed by atoms with Gasteiger partial charge in [-0.05, 0) is 33.2 Å². The van der Waals surface area contributed by atoms with Gasteiger partial charge in [0.1, 0.15) is 0 Å². The van der Waals surface area contributed by atoms with E-state index in [-0.39, 0.29) is 5.54 Å². The molecule has 0 heterocycles. The Morgan fingerprint density at radius 3 is 2.10 bits per heavy atom. The summed E-state index contributed by atoms with van der Waals surface area (Å²) < 4.78 is 0. The molecule has 0 N–H and O–H groups in total. The van der Waals surface area contributed by atoms with Crippen LogP contribution in [-0.2, 0) is 0 Å². The Morgan fingerprint density at radius 1 is 1.30 bits per heavy atom. The van der Waals surface area contributed by atoms with Gasteiger partial charge < -0.3 is 10.3 Å². The van der Waals surface area contributed by atoms with E-state index in [1.807, 2.05) is 27.7 Å². The van der Waals surface area contributed by atoms with Crippen LogP contribution >= 0.6 is 0 Å². The first kappa shape index (κ1) is 9.92. The molecule has 0 bridgehead atoms. The summed E-state index contributed by atoms with van der Waals surface area (Å²) in [5.74, 6) is 0. The molecule has 0 amide bonds.